The second-order valence-electron chi connectivity index (χ2n) is 6.38. The molecule has 0 radical (unpaired) electrons. The average Bonchev–Trinajstić information content (AvgIpc) is 3.42. The van der Waals surface area contributed by atoms with E-state index in [1.54, 1.807) is 37.3 Å². The molecule has 1 aromatic carbocycles. The third kappa shape index (κ3) is 3.88. The normalized spacial score (nSPS) is 11.3. The number of benzene rings is 1. The van der Waals surface area contributed by atoms with Gasteiger partial charge in [-0.05, 0) is 49.4 Å². The Morgan fingerprint density at radius 2 is 2.16 bits per heavy atom. The van der Waals surface area contributed by atoms with Crippen LogP contribution in [0.2, 0.25) is 5.02 Å². The van der Waals surface area contributed by atoms with Gasteiger partial charge in [-0.15, -0.1) is 0 Å². The van der Waals surface area contributed by atoms with Gasteiger partial charge in [0.2, 0.25) is 0 Å². The minimum Gasteiger partial charge on any atom is -0.462 e. The summed E-state index contributed by atoms with van der Waals surface area (Å²) in [6.45, 7) is 1.90. The van der Waals surface area contributed by atoms with Gasteiger partial charge in [0.05, 0.1) is 22.1 Å². The molecule has 0 saturated carbocycles. The molecule has 0 amide bonds. The van der Waals surface area contributed by atoms with E-state index in [0.29, 0.717) is 17.1 Å². The zero-order chi connectivity index (χ0) is 22.8. The highest BCUT2D eigenvalue weighted by Gasteiger charge is 2.23. The molecule has 0 saturated heterocycles. The van der Waals surface area contributed by atoms with Crippen LogP contribution in [-0.4, -0.2) is 37.1 Å². The van der Waals surface area contributed by atoms with Gasteiger partial charge < -0.3 is 9.15 Å². The van der Waals surface area contributed by atoms with Gasteiger partial charge in [0.15, 0.2) is 5.69 Å². The number of carbonyl (C=O) groups is 1. The Morgan fingerprint density at radius 1 is 1.34 bits per heavy atom. The molecule has 0 aliphatic rings. The highest BCUT2D eigenvalue weighted by atomic mass is 35.5. The summed E-state index contributed by atoms with van der Waals surface area (Å²) in [5, 5.41) is 14.1. The molecule has 12 heteroatoms. The van der Waals surface area contributed by atoms with Gasteiger partial charge >= 0.3 is 17.2 Å². The zero-order valence-electron chi connectivity index (χ0n) is 16.4. The van der Waals surface area contributed by atoms with E-state index in [4.69, 9.17) is 20.8 Å². The van der Waals surface area contributed by atoms with E-state index in [-0.39, 0.29) is 28.7 Å². The molecule has 3 heterocycles. The number of aromatic nitrogens is 4. The van der Waals surface area contributed by atoms with Crippen molar-refractivity contribution in [2.75, 3.05) is 6.61 Å². The van der Waals surface area contributed by atoms with Crippen LogP contribution in [0.5, 0.6) is 0 Å². The van der Waals surface area contributed by atoms with Gasteiger partial charge in [-0.3, -0.25) is 20.0 Å². The number of ether oxygens (including phenoxy) is 1. The van der Waals surface area contributed by atoms with Crippen molar-refractivity contribution in [1.82, 2.24) is 19.6 Å². The maximum Gasteiger partial charge on any atom is 0.361 e. The minimum absolute atomic E-state index is 0.00644. The molecule has 162 valence electrons. The third-order valence-corrected chi connectivity index (χ3v) is 4.73. The van der Waals surface area contributed by atoms with Crippen LogP contribution >= 0.6 is 11.6 Å². The predicted molar refractivity (Wildman–Crippen MR) is 114 cm³/mol. The monoisotopic (exact) mass is 455 g/mol. The summed E-state index contributed by atoms with van der Waals surface area (Å²) in [4.78, 5) is 42.8. The molecule has 11 nitrogen and oxygen atoms in total. The van der Waals surface area contributed by atoms with Crippen molar-refractivity contribution in [3.8, 4) is 11.3 Å². The van der Waals surface area contributed by atoms with Crippen LogP contribution in [0.4, 0.5) is 5.69 Å². The molecule has 4 aromatic rings. The highest BCUT2D eigenvalue weighted by Crippen LogP contribution is 2.28. The second-order valence-corrected chi connectivity index (χ2v) is 6.79. The quantitative estimate of drug-likeness (QED) is 0.263. The van der Waals surface area contributed by atoms with Gasteiger partial charge in [-0.1, -0.05) is 11.6 Å². The van der Waals surface area contributed by atoms with Crippen molar-refractivity contribution in [3.05, 3.63) is 79.2 Å². The van der Waals surface area contributed by atoms with Crippen molar-refractivity contribution in [3.63, 3.8) is 0 Å². The first kappa shape index (κ1) is 21.0. The average molecular weight is 456 g/mol. The summed E-state index contributed by atoms with van der Waals surface area (Å²) >= 11 is 6.08. The third-order valence-electron chi connectivity index (χ3n) is 4.40. The van der Waals surface area contributed by atoms with E-state index in [1.807, 2.05) is 0 Å². The standard InChI is InChI=1S/C20H14ClN5O6/c1-2-31-19(28)13-9-11(3-6-14(13)21)16-8-5-12(32-16)4-7-15-17(26(29)30)18(27)25-20(24-15)22-10-23-25/h3-10H,2H2,1H3,(H,22,23,24). The summed E-state index contributed by atoms with van der Waals surface area (Å²) in [6.07, 6.45) is 3.93. The van der Waals surface area contributed by atoms with Crippen LogP contribution < -0.4 is 5.56 Å². The molecule has 0 aliphatic carbocycles. The number of nitrogens with one attached hydrogen (secondary N) is 1. The SMILES string of the molecule is CCOC(=O)c1cc(-c2ccc(C=Cc3nc4nc[nH]n4c(=O)c3[N+](=O)[O-])o2)ccc1Cl. The van der Waals surface area contributed by atoms with Crippen molar-refractivity contribution < 1.29 is 18.9 Å². The van der Waals surface area contributed by atoms with Crippen molar-refractivity contribution in [2.45, 2.75) is 6.92 Å². The summed E-state index contributed by atoms with van der Waals surface area (Å²) < 4.78 is 11.6. The molecule has 0 aliphatic heterocycles. The number of H-pyrrole nitrogens is 1. The Kier molecular flexibility index (Phi) is 5.56. The van der Waals surface area contributed by atoms with E-state index in [0.717, 1.165) is 4.52 Å². The molecule has 4 rings (SSSR count). The number of halogens is 1. The lowest BCUT2D eigenvalue weighted by Gasteiger charge is -2.05. The number of carbonyl (C=O) groups excluding carboxylic acids is 1. The summed E-state index contributed by atoms with van der Waals surface area (Å²) in [5.74, 6) is 0.209. The van der Waals surface area contributed by atoms with E-state index in [2.05, 4.69) is 15.1 Å². The second kappa shape index (κ2) is 8.47. The number of furan rings is 1. The lowest BCUT2D eigenvalue weighted by atomic mass is 10.1. The Labute approximate surface area is 184 Å². The molecule has 0 bridgehead atoms. The predicted octanol–water partition coefficient (Wildman–Crippen LogP) is 3.59. The fourth-order valence-electron chi connectivity index (χ4n) is 2.95. The van der Waals surface area contributed by atoms with Crippen LogP contribution in [0.3, 0.4) is 0 Å². The maximum absolute atomic E-state index is 12.3. The minimum atomic E-state index is -0.884. The number of rotatable bonds is 6. The largest absolute Gasteiger partial charge is 0.462 e. The molecular weight excluding hydrogens is 442 g/mol. The molecule has 1 N–H and O–H groups in total. The van der Waals surface area contributed by atoms with E-state index >= 15 is 0 Å². The first-order chi connectivity index (χ1) is 15.4. The number of hydrogen-bond donors (Lipinski definition) is 1. The van der Waals surface area contributed by atoms with E-state index < -0.39 is 22.1 Å². The number of hydrogen-bond acceptors (Lipinski definition) is 8. The first-order valence-electron chi connectivity index (χ1n) is 9.24. The van der Waals surface area contributed by atoms with Crippen LogP contribution in [0.15, 0.2) is 45.9 Å². The van der Waals surface area contributed by atoms with Gasteiger partial charge in [-0.25, -0.2) is 14.8 Å². The summed E-state index contributed by atoms with van der Waals surface area (Å²) in [6, 6.07) is 8.06. The molecule has 32 heavy (non-hydrogen) atoms. The van der Waals surface area contributed by atoms with Gasteiger partial charge in [0.25, 0.3) is 5.78 Å². The topological polar surface area (TPSA) is 146 Å². The number of nitrogens with zero attached hydrogens (tertiary/aromatic N) is 4. The Bertz CT molecular complexity index is 1430. The lowest BCUT2D eigenvalue weighted by Crippen LogP contribution is -2.20. The van der Waals surface area contributed by atoms with Crippen molar-refractivity contribution in [2.24, 2.45) is 0 Å². The van der Waals surface area contributed by atoms with E-state index in [9.17, 15) is 19.7 Å². The Hall–Kier alpha value is -4.25. The smallest absolute Gasteiger partial charge is 0.361 e. The van der Waals surface area contributed by atoms with Gasteiger partial charge in [0.1, 0.15) is 17.8 Å². The molecule has 0 unspecified atom stereocenters. The molecule has 0 fully saturated rings. The molecule has 0 atom stereocenters. The number of esters is 1. The molecule has 3 aromatic heterocycles. The summed E-state index contributed by atoms with van der Waals surface area (Å²) in [7, 11) is 0. The highest BCUT2D eigenvalue weighted by molar-refractivity contribution is 6.33. The van der Waals surface area contributed by atoms with Gasteiger partial charge in [-0.2, -0.15) is 4.52 Å². The van der Waals surface area contributed by atoms with Crippen molar-refractivity contribution in [1.29, 1.82) is 0 Å². The maximum atomic E-state index is 12.3. The van der Waals surface area contributed by atoms with Crippen LogP contribution in [0.25, 0.3) is 29.3 Å². The fraction of sp³-hybridized carbons (Fsp3) is 0.100. The van der Waals surface area contributed by atoms with Gasteiger partial charge in [0, 0.05) is 5.56 Å². The number of nitro groups is 1. The van der Waals surface area contributed by atoms with E-state index in [1.165, 1.54) is 18.5 Å². The lowest BCUT2D eigenvalue weighted by molar-refractivity contribution is -0.386. The number of aromatic amines is 1. The zero-order valence-corrected chi connectivity index (χ0v) is 17.2. The molecular formula is C20H14ClN5O6. The number of fused-ring (bicyclic) bond motifs is 1. The first-order valence-corrected chi connectivity index (χ1v) is 9.62. The fourth-order valence-corrected chi connectivity index (χ4v) is 3.15. The Balaban J connectivity index is 1.67. The van der Waals surface area contributed by atoms with Crippen molar-refractivity contribution >= 4 is 41.2 Å². The Morgan fingerprint density at radius 3 is 2.91 bits per heavy atom. The molecule has 0 spiro atoms. The van der Waals surface area contributed by atoms with Crippen LogP contribution in [0, 0.1) is 10.1 Å². The summed E-state index contributed by atoms with van der Waals surface area (Å²) in [5.41, 5.74) is -0.970. The van der Waals surface area contributed by atoms with Crippen LogP contribution in [0.1, 0.15) is 28.7 Å². The van der Waals surface area contributed by atoms with Crippen LogP contribution in [-0.2, 0) is 4.74 Å².